The number of nitrogens with one attached hydrogen (secondary N) is 1. The van der Waals surface area contributed by atoms with E-state index < -0.39 is 51.3 Å². The summed E-state index contributed by atoms with van der Waals surface area (Å²) in [6, 6.07) is 16.0. The first-order valence-corrected chi connectivity index (χ1v) is 17.4. The Morgan fingerprint density at radius 2 is 1.70 bits per heavy atom. The van der Waals surface area contributed by atoms with Crippen molar-refractivity contribution in [2.24, 2.45) is 5.92 Å². The van der Waals surface area contributed by atoms with Crippen LogP contribution in [0.1, 0.15) is 36.0 Å². The number of anilines is 3. The van der Waals surface area contributed by atoms with Crippen molar-refractivity contribution in [3.8, 4) is 11.5 Å². The van der Waals surface area contributed by atoms with E-state index in [9.17, 15) is 21.6 Å². The molecule has 1 N–H and O–H groups in total. The van der Waals surface area contributed by atoms with Crippen molar-refractivity contribution >= 4 is 27.3 Å². The Bertz CT molecular complexity index is 1910. The SMILES string of the molecule is COc1ccc(CC2C(CCc3cccc(C(F)(F)F)c3N(C)C)CCCN2c2nc(F)nc(NS(=O)(=O)c3ccccc3)c2F)c(OC)c1. The lowest BCUT2D eigenvalue weighted by atomic mass is 9.81. The number of benzene rings is 3. The third-order valence-electron chi connectivity index (χ3n) is 8.86. The molecule has 1 saturated heterocycles. The lowest BCUT2D eigenvalue weighted by Crippen LogP contribution is -2.48. The van der Waals surface area contributed by atoms with E-state index in [0.29, 0.717) is 36.3 Å². The van der Waals surface area contributed by atoms with Crippen LogP contribution in [0, 0.1) is 17.8 Å². The molecule has 0 radical (unpaired) electrons. The molecule has 0 saturated carbocycles. The number of rotatable bonds is 12. The molecule has 50 heavy (non-hydrogen) atoms. The third kappa shape index (κ3) is 8.03. The lowest BCUT2D eigenvalue weighted by Gasteiger charge is -2.43. The van der Waals surface area contributed by atoms with Crippen LogP contribution in [0.2, 0.25) is 0 Å². The Labute approximate surface area is 288 Å². The zero-order valence-electron chi connectivity index (χ0n) is 28.0. The van der Waals surface area contributed by atoms with Gasteiger partial charge in [-0.15, -0.1) is 0 Å². The van der Waals surface area contributed by atoms with E-state index in [1.165, 1.54) is 49.5 Å². The Morgan fingerprint density at radius 1 is 0.960 bits per heavy atom. The maximum absolute atomic E-state index is 16.3. The minimum atomic E-state index is -4.56. The van der Waals surface area contributed by atoms with Crippen LogP contribution in [-0.2, 0) is 29.0 Å². The lowest BCUT2D eigenvalue weighted by molar-refractivity contribution is -0.137. The largest absolute Gasteiger partial charge is 0.497 e. The fourth-order valence-electron chi connectivity index (χ4n) is 6.60. The van der Waals surface area contributed by atoms with E-state index in [1.54, 1.807) is 49.3 Å². The molecule has 9 nitrogen and oxygen atoms in total. The summed E-state index contributed by atoms with van der Waals surface area (Å²) in [5, 5.41) is 0. The van der Waals surface area contributed by atoms with Crippen molar-refractivity contribution in [3.05, 3.63) is 95.3 Å². The summed E-state index contributed by atoms with van der Waals surface area (Å²) in [6.45, 7) is 0.240. The number of piperidine rings is 1. The van der Waals surface area contributed by atoms with Gasteiger partial charge in [0, 0.05) is 32.7 Å². The normalized spacial score (nSPS) is 16.6. The average molecular weight is 720 g/mol. The second-order valence-electron chi connectivity index (χ2n) is 12.2. The van der Waals surface area contributed by atoms with E-state index in [-0.39, 0.29) is 35.9 Å². The minimum Gasteiger partial charge on any atom is -0.497 e. The third-order valence-corrected chi connectivity index (χ3v) is 10.2. The minimum absolute atomic E-state index is 0.0697. The molecule has 0 amide bonds. The van der Waals surface area contributed by atoms with Gasteiger partial charge in [0.05, 0.1) is 30.4 Å². The Hall–Kier alpha value is -4.66. The van der Waals surface area contributed by atoms with Gasteiger partial charge in [0.25, 0.3) is 10.0 Å². The fourth-order valence-corrected chi connectivity index (χ4v) is 7.63. The molecule has 0 aliphatic carbocycles. The van der Waals surface area contributed by atoms with E-state index in [4.69, 9.17) is 9.47 Å². The summed E-state index contributed by atoms with van der Waals surface area (Å²) in [5.41, 5.74) is 0.553. The van der Waals surface area contributed by atoms with Gasteiger partial charge in [0.2, 0.25) is 5.82 Å². The van der Waals surface area contributed by atoms with Crippen molar-refractivity contribution < 1.29 is 39.8 Å². The number of methoxy groups -OCH3 is 2. The van der Waals surface area contributed by atoms with Crippen LogP contribution in [0.15, 0.2) is 71.6 Å². The number of nitrogens with zero attached hydrogens (tertiary/aromatic N) is 4. The van der Waals surface area contributed by atoms with E-state index in [0.717, 1.165) is 11.6 Å². The number of aromatic nitrogens is 2. The van der Waals surface area contributed by atoms with Crippen molar-refractivity contribution in [3.63, 3.8) is 0 Å². The van der Waals surface area contributed by atoms with Gasteiger partial charge in [0.15, 0.2) is 11.6 Å². The molecule has 1 aliphatic heterocycles. The van der Waals surface area contributed by atoms with Gasteiger partial charge in [-0.2, -0.15) is 31.9 Å². The van der Waals surface area contributed by atoms with Gasteiger partial charge < -0.3 is 19.3 Å². The smallest absolute Gasteiger partial charge is 0.418 e. The Morgan fingerprint density at radius 3 is 2.36 bits per heavy atom. The monoisotopic (exact) mass is 719 g/mol. The number of halogens is 5. The molecule has 15 heteroatoms. The summed E-state index contributed by atoms with van der Waals surface area (Å²) < 4.78 is 112. The van der Waals surface area contributed by atoms with Crippen LogP contribution >= 0.6 is 0 Å². The summed E-state index contributed by atoms with van der Waals surface area (Å²) in [4.78, 5) is 10.1. The van der Waals surface area contributed by atoms with Crippen LogP contribution in [0.3, 0.4) is 0 Å². The standard InChI is InChI=1S/C35H38F5N5O4S/c1-44(2)31-23(10-8-14-27(31)35(38,39)40)16-15-22-11-9-19-45(28(22)20-24-17-18-25(48-3)21-29(24)49-4)33-30(36)32(41-34(37)42-33)43-50(46,47)26-12-6-5-7-13-26/h5-8,10,12-14,17-18,21-22,28H,9,11,15-16,19-20H2,1-4H3,(H,41,42,43). The second kappa shape index (κ2) is 15.1. The molecule has 268 valence electrons. The summed E-state index contributed by atoms with van der Waals surface area (Å²) >= 11 is 0. The Kier molecular flexibility index (Phi) is 11.0. The molecule has 2 atom stereocenters. The van der Waals surface area contributed by atoms with E-state index in [1.807, 2.05) is 0 Å². The fraction of sp³-hybridized carbons (Fsp3) is 0.371. The van der Waals surface area contributed by atoms with Crippen LogP contribution in [0.4, 0.5) is 39.3 Å². The van der Waals surface area contributed by atoms with Crippen molar-refractivity contribution in [1.29, 1.82) is 0 Å². The van der Waals surface area contributed by atoms with Gasteiger partial charge in [-0.05, 0) is 73.4 Å². The van der Waals surface area contributed by atoms with Crippen LogP contribution in [0.25, 0.3) is 0 Å². The zero-order chi connectivity index (χ0) is 36.2. The predicted octanol–water partition coefficient (Wildman–Crippen LogP) is 7.12. The molecule has 3 aromatic carbocycles. The molecule has 1 aromatic heterocycles. The van der Waals surface area contributed by atoms with Gasteiger partial charge in [-0.1, -0.05) is 36.4 Å². The molecule has 0 bridgehead atoms. The molecule has 1 aliphatic rings. The van der Waals surface area contributed by atoms with Crippen molar-refractivity contribution in [1.82, 2.24) is 9.97 Å². The van der Waals surface area contributed by atoms with Gasteiger partial charge >= 0.3 is 12.3 Å². The number of aryl methyl sites for hydroxylation is 1. The molecule has 5 rings (SSSR count). The van der Waals surface area contributed by atoms with Crippen LogP contribution < -0.4 is 24.0 Å². The summed E-state index contributed by atoms with van der Waals surface area (Å²) in [6.07, 6.45) is -3.79. The highest BCUT2D eigenvalue weighted by atomic mass is 32.2. The molecule has 0 spiro atoms. The first-order valence-electron chi connectivity index (χ1n) is 15.9. The predicted molar refractivity (Wildman–Crippen MR) is 180 cm³/mol. The number of ether oxygens (including phenoxy) is 2. The summed E-state index contributed by atoms with van der Waals surface area (Å²) in [5.74, 6) is -1.64. The van der Waals surface area contributed by atoms with E-state index in [2.05, 4.69) is 14.7 Å². The van der Waals surface area contributed by atoms with Gasteiger partial charge in [0.1, 0.15) is 11.5 Å². The highest BCUT2D eigenvalue weighted by molar-refractivity contribution is 7.92. The number of hydrogen-bond donors (Lipinski definition) is 1. The first kappa shape index (κ1) is 36.6. The average Bonchev–Trinajstić information content (AvgIpc) is 3.09. The molecule has 4 aromatic rings. The first-order chi connectivity index (χ1) is 23.7. The number of alkyl halides is 3. The number of hydrogen-bond acceptors (Lipinski definition) is 8. The molecular formula is C35H38F5N5O4S. The Balaban J connectivity index is 1.55. The van der Waals surface area contributed by atoms with Gasteiger partial charge in [-0.25, -0.2) is 8.42 Å². The maximum atomic E-state index is 16.3. The second-order valence-corrected chi connectivity index (χ2v) is 13.9. The van der Waals surface area contributed by atoms with Gasteiger partial charge in [-0.3, -0.25) is 4.72 Å². The zero-order valence-corrected chi connectivity index (χ0v) is 28.8. The number of sulfonamides is 1. The summed E-state index contributed by atoms with van der Waals surface area (Å²) in [7, 11) is 1.80. The highest BCUT2D eigenvalue weighted by Crippen LogP contribution is 2.41. The highest BCUT2D eigenvalue weighted by Gasteiger charge is 2.38. The molecule has 2 unspecified atom stereocenters. The molecule has 2 heterocycles. The topological polar surface area (TPSA) is 96.9 Å². The molecule has 1 fully saturated rings. The quantitative estimate of drug-likeness (QED) is 0.122. The van der Waals surface area contributed by atoms with Crippen LogP contribution in [0.5, 0.6) is 11.5 Å². The number of para-hydroxylation sites is 1. The van der Waals surface area contributed by atoms with E-state index >= 15 is 8.78 Å². The molecular weight excluding hydrogens is 681 g/mol. The van der Waals surface area contributed by atoms with Crippen molar-refractivity contribution in [2.45, 2.75) is 49.2 Å². The van der Waals surface area contributed by atoms with Crippen LogP contribution in [-0.4, -0.2) is 59.3 Å². The maximum Gasteiger partial charge on any atom is 0.418 e. The van der Waals surface area contributed by atoms with Crippen molar-refractivity contribution in [2.75, 3.05) is 49.4 Å².